The van der Waals surface area contributed by atoms with Crippen molar-refractivity contribution < 1.29 is 0 Å². The molecule has 0 nitrogen and oxygen atoms in total. The van der Waals surface area contributed by atoms with Gasteiger partial charge >= 0.3 is 0 Å². The topological polar surface area (TPSA) is 0 Å². The van der Waals surface area contributed by atoms with E-state index in [0.717, 1.165) is 0 Å². The fraction of sp³-hybridized carbons (Fsp3) is 0.500. The quantitative estimate of drug-likeness (QED) is 0.631. The van der Waals surface area contributed by atoms with Crippen LogP contribution in [0.2, 0.25) is 0 Å². The molecule has 1 aliphatic rings. The van der Waals surface area contributed by atoms with Crippen LogP contribution in [-0.2, 0) is 12.8 Å². The molecule has 0 amide bonds. The van der Waals surface area contributed by atoms with E-state index in [9.17, 15) is 0 Å². The van der Waals surface area contributed by atoms with E-state index in [2.05, 4.69) is 20.4 Å². The summed E-state index contributed by atoms with van der Waals surface area (Å²) in [6.07, 6.45) is 5.32. The second-order valence-electron chi connectivity index (χ2n) is 3.92. The summed E-state index contributed by atoms with van der Waals surface area (Å²) in [5, 5.41) is 0. The van der Waals surface area contributed by atoms with E-state index in [1.54, 1.807) is 10.4 Å². The van der Waals surface area contributed by atoms with Gasteiger partial charge in [-0.3, -0.25) is 0 Å². The maximum atomic E-state index is 4.07. The van der Waals surface area contributed by atoms with Gasteiger partial charge in [0.05, 0.1) is 0 Å². The Morgan fingerprint density at radius 1 is 1.31 bits per heavy atom. The van der Waals surface area contributed by atoms with Crippen LogP contribution < -0.4 is 0 Å². The fourth-order valence-electron chi connectivity index (χ4n) is 2.26. The van der Waals surface area contributed by atoms with Crippen LogP contribution in [0.15, 0.2) is 6.58 Å². The lowest BCUT2D eigenvalue weighted by atomic mass is 9.92. The zero-order chi connectivity index (χ0) is 9.42. The van der Waals surface area contributed by atoms with Gasteiger partial charge < -0.3 is 0 Å². The minimum absolute atomic E-state index is 1.25. The normalized spacial score (nSPS) is 15.5. The highest BCUT2D eigenvalue weighted by Crippen LogP contribution is 2.36. The van der Waals surface area contributed by atoms with Gasteiger partial charge in [0.15, 0.2) is 0 Å². The molecule has 1 aromatic rings. The molecule has 0 aromatic carbocycles. The maximum Gasteiger partial charge on any atom is 0.00948 e. The van der Waals surface area contributed by atoms with Crippen molar-refractivity contribution >= 4 is 16.9 Å². The van der Waals surface area contributed by atoms with Crippen LogP contribution >= 0.6 is 11.3 Å². The first-order valence-electron chi connectivity index (χ1n) is 4.97. The molecule has 1 heterocycles. The highest BCUT2D eigenvalue weighted by molar-refractivity contribution is 7.12. The Labute approximate surface area is 84.3 Å². The van der Waals surface area contributed by atoms with Crippen molar-refractivity contribution in [3.63, 3.8) is 0 Å². The first kappa shape index (κ1) is 9.01. The van der Waals surface area contributed by atoms with Crippen LogP contribution in [0.5, 0.6) is 0 Å². The zero-order valence-corrected chi connectivity index (χ0v) is 9.26. The van der Waals surface area contributed by atoms with Crippen LogP contribution in [0, 0.1) is 6.92 Å². The molecule has 1 aromatic heterocycles. The Kier molecular flexibility index (Phi) is 2.29. The van der Waals surface area contributed by atoms with Gasteiger partial charge in [0.25, 0.3) is 0 Å². The summed E-state index contributed by atoms with van der Waals surface area (Å²) in [7, 11) is 0. The van der Waals surface area contributed by atoms with E-state index in [1.165, 1.54) is 41.7 Å². The Morgan fingerprint density at radius 3 is 2.69 bits per heavy atom. The Hall–Kier alpha value is -0.560. The Balaban J connectivity index is 2.54. The van der Waals surface area contributed by atoms with Crippen molar-refractivity contribution in [2.24, 2.45) is 0 Å². The molecule has 0 unspecified atom stereocenters. The largest absolute Gasteiger partial charge is 0.145 e. The van der Waals surface area contributed by atoms with Crippen LogP contribution in [0.4, 0.5) is 0 Å². The Bertz CT molecular complexity index is 344. The van der Waals surface area contributed by atoms with Crippen LogP contribution in [0.3, 0.4) is 0 Å². The van der Waals surface area contributed by atoms with Crippen LogP contribution in [0.1, 0.15) is 40.6 Å². The van der Waals surface area contributed by atoms with E-state index >= 15 is 0 Å². The van der Waals surface area contributed by atoms with Crippen molar-refractivity contribution in [2.75, 3.05) is 0 Å². The lowest BCUT2D eigenvalue weighted by Crippen LogP contribution is -2.00. The van der Waals surface area contributed by atoms with Gasteiger partial charge in [0.2, 0.25) is 0 Å². The molecule has 0 radical (unpaired) electrons. The average molecular weight is 192 g/mol. The standard InChI is InChI=1S/C12H16S/c1-8(2)12-9(3)13-11-7-5-4-6-10(11)12/h1,4-7H2,2-3H3. The molecular weight excluding hydrogens is 176 g/mol. The summed E-state index contributed by atoms with van der Waals surface area (Å²) in [6, 6.07) is 0. The third-order valence-electron chi connectivity index (χ3n) is 2.77. The molecule has 0 fully saturated rings. The highest BCUT2D eigenvalue weighted by atomic mass is 32.1. The molecule has 0 saturated carbocycles. The van der Waals surface area contributed by atoms with Gasteiger partial charge in [-0.05, 0) is 56.2 Å². The molecule has 0 saturated heterocycles. The molecule has 2 rings (SSSR count). The van der Waals surface area contributed by atoms with Gasteiger partial charge in [-0.1, -0.05) is 6.58 Å². The number of thiophene rings is 1. The number of hydrogen-bond donors (Lipinski definition) is 0. The number of rotatable bonds is 1. The molecule has 0 aliphatic heterocycles. The van der Waals surface area contributed by atoms with Crippen molar-refractivity contribution in [2.45, 2.75) is 39.5 Å². The van der Waals surface area contributed by atoms with Gasteiger partial charge in [-0.15, -0.1) is 11.3 Å². The van der Waals surface area contributed by atoms with Crippen molar-refractivity contribution in [1.29, 1.82) is 0 Å². The molecule has 70 valence electrons. The molecule has 0 N–H and O–H groups in total. The second-order valence-corrected chi connectivity index (χ2v) is 5.23. The van der Waals surface area contributed by atoms with Gasteiger partial charge in [0.1, 0.15) is 0 Å². The molecule has 13 heavy (non-hydrogen) atoms. The summed E-state index contributed by atoms with van der Waals surface area (Å²) in [6.45, 7) is 8.43. The first-order valence-corrected chi connectivity index (χ1v) is 5.79. The predicted molar refractivity (Wildman–Crippen MR) is 60.4 cm³/mol. The summed E-state index contributed by atoms with van der Waals surface area (Å²) in [5.74, 6) is 0. The monoisotopic (exact) mass is 192 g/mol. The van der Waals surface area contributed by atoms with Crippen LogP contribution in [0.25, 0.3) is 5.57 Å². The summed E-state index contributed by atoms with van der Waals surface area (Å²) in [4.78, 5) is 3.10. The summed E-state index contributed by atoms with van der Waals surface area (Å²) >= 11 is 1.98. The van der Waals surface area contributed by atoms with E-state index in [4.69, 9.17) is 0 Å². The lowest BCUT2D eigenvalue weighted by molar-refractivity contribution is 0.696. The fourth-order valence-corrected chi connectivity index (χ4v) is 3.60. The Morgan fingerprint density at radius 2 is 2.00 bits per heavy atom. The van der Waals surface area contributed by atoms with E-state index in [1.807, 2.05) is 11.3 Å². The maximum absolute atomic E-state index is 4.07. The van der Waals surface area contributed by atoms with Crippen molar-refractivity contribution in [3.05, 3.63) is 27.5 Å². The summed E-state index contributed by atoms with van der Waals surface area (Å²) < 4.78 is 0. The van der Waals surface area contributed by atoms with Crippen molar-refractivity contribution in [3.8, 4) is 0 Å². The average Bonchev–Trinajstić information content (AvgIpc) is 2.39. The predicted octanol–water partition coefficient (Wildman–Crippen LogP) is 3.97. The number of fused-ring (bicyclic) bond motifs is 1. The second kappa shape index (κ2) is 3.30. The third-order valence-corrected chi connectivity index (χ3v) is 3.98. The number of aryl methyl sites for hydroxylation is 2. The smallest absolute Gasteiger partial charge is 0.00948 e. The molecular formula is C12H16S. The van der Waals surface area contributed by atoms with Gasteiger partial charge in [-0.25, -0.2) is 0 Å². The molecule has 0 bridgehead atoms. The van der Waals surface area contributed by atoms with E-state index < -0.39 is 0 Å². The lowest BCUT2D eigenvalue weighted by Gasteiger charge is -2.12. The van der Waals surface area contributed by atoms with Gasteiger partial charge in [-0.2, -0.15) is 0 Å². The minimum atomic E-state index is 1.25. The molecule has 0 atom stereocenters. The summed E-state index contributed by atoms with van der Waals surface area (Å²) in [5.41, 5.74) is 4.33. The molecule has 0 spiro atoms. The van der Waals surface area contributed by atoms with Gasteiger partial charge in [0, 0.05) is 9.75 Å². The SMILES string of the molecule is C=C(C)c1c(C)sc2c1CCCC2. The van der Waals surface area contributed by atoms with Crippen molar-refractivity contribution in [1.82, 2.24) is 0 Å². The molecule has 1 heteroatoms. The van der Waals surface area contributed by atoms with Crippen LogP contribution in [-0.4, -0.2) is 0 Å². The molecule has 1 aliphatic carbocycles. The number of allylic oxidation sites excluding steroid dienone is 1. The highest BCUT2D eigenvalue weighted by Gasteiger charge is 2.18. The minimum Gasteiger partial charge on any atom is -0.145 e. The van der Waals surface area contributed by atoms with E-state index in [0.29, 0.717) is 0 Å². The van der Waals surface area contributed by atoms with E-state index in [-0.39, 0.29) is 0 Å². The first-order chi connectivity index (χ1) is 6.20. The third kappa shape index (κ3) is 1.46. The zero-order valence-electron chi connectivity index (χ0n) is 8.44. The number of hydrogen-bond acceptors (Lipinski definition) is 1.